The standard InChI is InChI=1S/C12H23N5/c1-10(2)7-17-11(14-9-16-17)6-15-12(3)4-5-13-8-12/h9-10,13,15H,4-8H2,1-3H3. The molecule has 17 heavy (non-hydrogen) atoms. The van der Waals surface area contributed by atoms with Gasteiger partial charge in [-0.2, -0.15) is 5.10 Å². The SMILES string of the molecule is CC(C)Cn1ncnc1CNC1(C)CCNC1. The Labute approximate surface area is 103 Å². The summed E-state index contributed by atoms with van der Waals surface area (Å²) in [7, 11) is 0. The molecule has 0 bridgehead atoms. The maximum absolute atomic E-state index is 4.33. The first-order valence-corrected chi connectivity index (χ1v) is 6.41. The van der Waals surface area contributed by atoms with Crippen LogP contribution in [0.15, 0.2) is 6.33 Å². The fourth-order valence-electron chi connectivity index (χ4n) is 2.18. The number of nitrogens with one attached hydrogen (secondary N) is 2. The molecule has 5 heteroatoms. The normalized spacial score (nSPS) is 24.7. The monoisotopic (exact) mass is 237 g/mol. The second-order valence-electron chi connectivity index (χ2n) is 5.59. The Morgan fingerprint density at radius 2 is 2.41 bits per heavy atom. The number of hydrogen-bond acceptors (Lipinski definition) is 4. The fourth-order valence-corrected chi connectivity index (χ4v) is 2.18. The molecular weight excluding hydrogens is 214 g/mol. The summed E-state index contributed by atoms with van der Waals surface area (Å²) in [4.78, 5) is 4.33. The molecule has 0 amide bonds. The molecule has 96 valence electrons. The third kappa shape index (κ3) is 3.26. The first kappa shape index (κ1) is 12.5. The zero-order chi connectivity index (χ0) is 12.3. The Morgan fingerprint density at radius 1 is 1.59 bits per heavy atom. The average Bonchev–Trinajstić information content (AvgIpc) is 2.85. The lowest BCUT2D eigenvalue weighted by Gasteiger charge is -2.24. The highest BCUT2D eigenvalue weighted by Gasteiger charge is 2.27. The van der Waals surface area contributed by atoms with Gasteiger partial charge in [-0.3, -0.25) is 0 Å². The number of aromatic nitrogens is 3. The summed E-state index contributed by atoms with van der Waals surface area (Å²) in [5.74, 6) is 1.63. The fraction of sp³-hybridized carbons (Fsp3) is 0.833. The molecule has 0 saturated carbocycles. The van der Waals surface area contributed by atoms with Crippen molar-refractivity contribution in [1.82, 2.24) is 25.4 Å². The molecule has 1 aromatic heterocycles. The van der Waals surface area contributed by atoms with E-state index in [-0.39, 0.29) is 5.54 Å². The van der Waals surface area contributed by atoms with E-state index in [4.69, 9.17) is 0 Å². The van der Waals surface area contributed by atoms with Crippen molar-refractivity contribution in [3.8, 4) is 0 Å². The van der Waals surface area contributed by atoms with E-state index >= 15 is 0 Å². The maximum atomic E-state index is 4.33. The molecule has 1 aliphatic heterocycles. The largest absolute Gasteiger partial charge is 0.315 e. The van der Waals surface area contributed by atoms with Gasteiger partial charge in [0.25, 0.3) is 0 Å². The molecule has 5 nitrogen and oxygen atoms in total. The molecule has 0 aliphatic carbocycles. The van der Waals surface area contributed by atoms with Gasteiger partial charge in [0.15, 0.2) is 0 Å². The highest BCUT2D eigenvalue weighted by Crippen LogP contribution is 2.14. The molecular formula is C12H23N5. The first-order chi connectivity index (χ1) is 8.09. The van der Waals surface area contributed by atoms with E-state index in [0.717, 1.165) is 32.0 Å². The Hall–Kier alpha value is -0.940. The average molecular weight is 237 g/mol. The second kappa shape index (κ2) is 5.14. The summed E-state index contributed by atoms with van der Waals surface area (Å²) in [5.41, 5.74) is 0.203. The molecule has 1 saturated heterocycles. The Morgan fingerprint density at radius 3 is 3.06 bits per heavy atom. The van der Waals surface area contributed by atoms with Gasteiger partial charge in [-0.15, -0.1) is 0 Å². The van der Waals surface area contributed by atoms with Crippen LogP contribution in [0.5, 0.6) is 0 Å². The Bertz CT molecular complexity index is 352. The molecule has 1 aliphatic rings. The van der Waals surface area contributed by atoms with Gasteiger partial charge < -0.3 is 10.6 Å². The summed E-state index contributed by atoms with van der Waals surface area (Å²) >= 11 is 0. The zero-order valence-electron chi connectivity index (χ0n) is 11.0. The van der Waals surface area contributed by atoms with Gasteiger partial charge in [0.1, 0.15) is 12.2 Å². The lowest BCUT2D eigenvalue weighted by atomic mass is 10.0. The van der Waals surface area contributed by atoms with E-state index in [1.807, 2.05) is 4.68 Å². The van der Waals surface area contributed by atoms with E-state index in [0.29, 0.717) is 5.92 Å². The number of nitrogens with zero attached hydrogens (tertiary/aromatic N) is 3. The minimum Gasteiger partial charge on any atom is -0.315 e. The predicted molar refractivity (Wildman–Crippen MR) is 67.6 cm³/mol. The minimum atomic E-state index is 0.203. The molecule has 1 unspecified atom stereocenters. The topological polar surface area (TPSA) is 54.8 Å². The minimum absolute atomic E-state index is 0.203. The van der Waals surface area contributed by atoms with Crippen LogP contribution in [0.3, 0.4) is 0 Å². The van der Waals surface area contributed by atoms with Crippen LogP contribution in [0, 0.1) is 5.92 Å². The highest BCUT2D eigenvalue weighted by atomic mass is 15.3. The van der Waals surface area contributed by atoms with Crippen molar-refractivity contribution >= 4 is 0 Å². The second-order valence-corrected chi connectivity index (χ2v) is 5.59. The summed E-state index contributed by atoms with van der Waals surface area (Å²) in [6, 6.07) is 0. The molecule has 1 fully saturated rings. The molecule has 0 radical (unpaired) electrons. The van der Waals surface area contributed by atoms with Crippen LogP contribution in [0.4, 0.5) is 0 Å². The van der Waals surface area contributed by atoms with Crippen molar-refractivity contribution < 1.29 is 0 Å². The van der Waals surface area contributed by atoms with E-state index in [1.165, 1.54) is 6.42 Å². The number of hydrogen-bond donors (Lipinski definition) is 2. The Kier molecular flexibility index (Phi) is 3.79. The highest BCUT2D eigenvalue weighted by molar-refractivity contribution is 4.94. The van der Waals surface area contributed by atoms with Crippen LogP contribution in [0.2, 0.25) is 0 Å². The third-order valence-corrected chi connectivity index (χ3v) is 3.28. The maximum Gasteiger partial charge on any atom is 0.140 e. The van der Waals surface area contributed by atoms with Gasteiger partial charge in [0, 0.05) is 18.6 Å². The van der Waals surface area contributed by atoms with Gasteiger partial charge in [-0.1, -0.05) is 13.8 Å². The molecule has 0 aromatic carbocycles. The van der Waals surface area contributed by atoms with E-state index in [2.05, 4.69) is 41.5 Å². The van der Waals surface area contributed by atoms with Crippen LogP contribution < -0.4 is 10.6 Å². The quantitative estimate of drug-likeness (QED) is 0.794. The molecule has 0 spiro atoms. The van der Waals surface area contributed by atoms with Crippen LogP contribution in [-0.2, 0) is 13.1 Å². The van der Waals surface area contributed by atoms with Crippen molar-refractivity contribution in [2.45, 2.75) is 45.8 Å². The lowest BCUT2D eigenvalue weighted by Crippen LogP contribution is -2.44. The zero-order valence-corrected chi connectivity index (χ0v) is 11.0. The van der Waals surface area contributed by atoms with Gasteiger partial charge >= 0.3 is 0 Å². The molecule has 1 aromatic rings. The van der Waals surface area contributed by atoms with E-state index < -0.39 is 0 Å². The van der Waals surface area contributed by atoms with Gasteiger partial charge in [0.2, 0.25) is 0 Å². The molecule has 2 heterocycles. The van der Waals surface area contributed by atoms with Gasteiger partial charge in [-0.05, 0) is 25.8 Å². The Balaban J connectivity index is 1.92. The van der Waals surface area contributed by atoms with E-state index in [9.17, 15) is 0 Å². The van der Waals surface area contributed by atoms with Crippen LogP contribution in [-0.4, -0.2) is 33.4 Å². The molecule has 2 N–H and O–H groups in total. The smallest absolute Gasteiger partial charge is 0.140 e. The summed E-state index contributed by atoms with van der Waals surface area (Å²) < 4.78 is 2.00. The van der Waals surface area contributed by atoms with Gasteiger partial charge in [0.05, 0.1) is 6.54 Å². The number of rotatable bonds is 5. The third-order valence-electron chi connectivity index (χ3n) is 3.28. The first-order valence-electron chi connectivity index (χ1n) is 6.41. The predicted octanol–water partition coefficient (Wildman–Crippen LogP) is 0.776. The van der Waals surface area contributed by atoms with E-state index in [1.54, 1.807) is 6.33 Å². The molecule has 2 rings (SSSR count). The van der Waals surface area contributed by atoms with Crippen molar-refractivity contribution in [3.05, 3.63) is 12.2 Å². The van der Waals surface area contributed by atoms with Crippen molar-refractivity contribution in [2.24, 2.45) is 5.92 Å². The summed E-state index contributed by atoms with van der Waals surface area (Å²) in [6.07, 6.45) is 2.82. The summed E-state index contributed by atoms with van der Waals surface area (Å²) in [5, 5.41) is 11.2. The van der Waals surface area contributed by atoms with Crippen molar-refractivity contribution in [2.75, 3.05) is 13.1 Å². The van der Waals surface area contributed by atoms with Crippen LogP contribution in [0.25, 0.3) is 0 Å². The summed E-state index contributed by atoms with van der Waals surface area (Å²) in [6.45, 7) is 10.5. The van der Waals surface area contributed by atoms with Crippen molar-refractivity contribution in [3.63, 3.8) is 0 Å². The lowest BCUT2D eigenvalue weighted by molar-refractivity contribution is 0.368. The van der Waals surface area contributed by atoms with Gasteiger partial charge in [-0.25, -0.2) is 9.67 Å². The van der Waals surface area contributed by atoms with Crippen LogP contribution >= 0.6 is 0 Å². The van der Waals surface area contributed by atoms with Crippen molar-refractivity contribution in [1.29, 1.82) is 0 Å². The van der Waals surface area contributed by atoms with Crippen LogP contribution in [0.1, 0.15) is 33.0 Å². The molecule has 1 atom stereocenters.